The van der Waals surface area contributed by atoms with E-state index in [-0.39, 0.29) is 5.75 Å². The fraction of sp³-hybridized carbons (Fsp3) is 0.250. The van der Waals surface area contributed by atoms with E-state index in [1.54, 1.807) is 12.1 Å². The van der Waals surface area contributed by atoms with Crippen molar-refractivity contribution in [1.82, 2.24) is 0 Å². The third-order valence-corrected chi connectivity index (χ3v) is 3.42. The van der Waals surface area contributed by atoms with Crippen LogP contribution in [0, 0.1) is 0 Å². The zero-order chi connectivity index (χ0) is 10.7. The summed E-state index contributed by atoms with van der Waals surface area (Å²) >= 11 is 9.68. The summed E-state index contributed by atoms with van der Waals surface area (Å²) in [6.07, 6.45) is 0. The average Bonchev–Trinajstić information content (AvgIpc) is 2.09. The molecule has 0 aromatic heterocycles. The molecular weight excluding hydrogens is 390 g/mol. The second-order valence-corrected chi connectivity index (χ2v) is 4.66. The van der Waals surface area contributed by atoms with Gasteiger partial charge < -0.3 is 4.74 Å². The molecule has 6 heteroatoms. The highest BCUT2D eigenvalue weighted by atomic mass is 79.9. The van der Waals surface area contributed by atoms with Crippen molar-refractivity contribution in [3.05, 3.63) is 26.6 Å². The minimum atomic E-state index is -2.81. The van der Waals surface area contributed by atoms with Gasteiger partial charge in [0.05, 0.1) is 4.47 Å². The van der Waals surface area contributed by atoms with E-state index in [4.69, 9.17) is 0 Å². The molecule has 14 heavy (non-hydrogen) atoms. The maximum Gasteiger partial charge on any atom is 0.387 e. The smallest absolute Gasteiger partial charge is 0.387 e. The van der Waals surface area contributed by atoms with Gasteiger partial charge in [-0.2, -0.15) is 8.78 Å². The highest BCUT2D eigenvalue weighted by molar-refractivity contribution is 9.11. The molecule has 78 valence electrons. The van der Waals surface area contributed by atoms with E-state index in [0.29, 0.717) is 9.80 Å². The van der Waals surface area contributed by atoms with Gasteiger partial charge in [-0.05, 0) is 33.6 Å². The lowest BCUT2D eigenvalue weighted by atomic mass is 10.2. The molecule has 0 N–H and O–H groups in total. The monoisotopic (exact) mass is 392 g/mol. The number of halogens is 5. The molecule has 0 saturated carbocycles. The van der Waals surface area contributed by atoms with Crippen LogP contribution in [0.3, 0.4) is 0 Å². The molecule has 1 aromatic rings. The first-order valence-electron chi connectivity index (χ1n) is 3.53. The number of ether oxygens (including phenoxy) is 1. The van der Waals surface area contributed by atoms with Crippen molar-refractivity contribution in [3.8, 4) is 5.75 Å². The van der Waals surface area contributed by atoms with Crippen LogP contribution in [-0.2, 0) is 5.33 Å². The molecule has 0 saturated heterocycles. The lowest BCUT2D eigenvalue weighted by Crippen LogP contribution is -2.03. The first-order valence-corrected chi connectivity index (χ1v) is 6.24. The molecular formula is C8H5Br3F2O. The molecule has 0 spiro atoms. The lowest BCUT2D eigenvalue weighted by molar-refractivity contribution is -0.0503. The van der Waals surface area contributed by atoms with Crippen LogP contribution >= 0.6 is 47.8 Å². The van der Waals surface area contributed by atoms with E-state index in [1.807, 2.05) is 0 Å². The molecule has 0 aliphatic heterocycles. The normalized spacial score (nSPS) is 10.7. The Morgan fingerprint density at radius 3 is 2.36 bits per heavy atom. The van der Waals surface area contributed by atoms with E-state index in [0.717, 1.165) is 10.0 Å². The molecule has 0 unspecified atom stereocenters. The SMILES string of the molecule is FC(F)Oc1cc(CBr)c(Br)cc1Br. The van der Waals surface area contributed by atoms with Gasteiger partial charge in [-0.3, -0.25) is 0 Å². The van der Waals surface area contributed by atoms with Crippen LogP contribution in [0.2, 0.25) is 0 Å². The van der Waals surface area contributed by atoms with Gasteiger partial charge in [-0.15, -0.1) is 0 Å². The molecule has 0 aliphatic rings. The molecule has 0 fully saturated rings. The predicted molar refractivity (Wildman–Crippen MR) is 61.1 cm³/mol. The van der Waals surface area contributed by atoms with E-state index in [9.17, 15) is 8.78 Å². The molecule has 0 atom stereocenters. The van der Waals surface area contributed by atoms with Crippen molar-refractivity contribution in [3.63, 3.8) is 0 Å². The number of hydrogen-bond acceptors (Lipinski definition) is 1. The molecule has 0 radical (unpaired) electrons. The van der Waals surface area contributed by atoms with E-state index in [1.165, 1.54) is 0 Å². The quantitative estimate of drug-likeness (QED) is 0.675. The standard InChI is InChI=1S/C8H5Br3F2O/c9-3-4-1-7(14-8(12)13)6(11)2-5(4)10/h1-2,8H,3H2. The van der Waals surface area contributed by atoms with Crippen LogP contribution in [-0.4, -0.2) is 6.61 Å². The highest BCUT2D eigenvalue weighted by Gasteiger charge is 2.11. The van der Waals surface area contributed by atoms with Crippen LogP contribution in [0.1, 0.15) is 5.56 Å². The Kier molecular flexibility index (Phi) is 4.79. The van der Waals surface area contributed by atoms with Gasteiger partial charge >= 0.3 is 6.61 Å². The Bertz CT molecular complexity index is 331. The molecule has 1 rings (SSSR count). The summed E-state index contributed by atoms with van der Waals surface area (Å²) in [5, 5.41) is 0.570. The average molecular weight is 395 g/mol. The van der Waals surface area contributed by atoms with Crippen LogP contribution in [0.15, 0.2) is 21.1 Å². The maximum absolute atomic E-state index is 12.0. The lowest BCUT2D eigenvalue weighted by Gasteiger charge is -2.09. The second-order valence-electron chi connectivity index (χ2n) is 2.39. The minimum absolute atomic E-state index is 0.137. The summed E-state index contributed by atoms with van der Waals surface area (Å²) in [5.74, 6) is 0.137. The highest BCUT2D eigenvalue weighted by Crippen LogP contribution is 2.33. The Morgan fingerprint density at radius 1 is 1.21 bits per heavy atom. The third-order valence-electron chi connectivity index (χ3n) is 1.46. The largest absolute Gasteiger partial charge is 0.434 e. The van der Waals surface area contributed by atoms with Gasteiger partial charge in [0, 0.05) is 9.80 Å². The van der Waals surface area contributed by atoms with Crippen LogP contribution < -0.4 is 4.74 Å². The first kappa shape index (κ1) is 12.4. The van der Waals surface area contributed by atoms with Crippen LogP contribution in [0.25, 0.3) is 0 Å². The van der Waals surface area contributed by atoms with Crippen molar-refractivity contribution in [2.45, 2.75) is 11.9 Å². The van der Waals surface area contributed by atoms with E-state index in [2.05, 4.69) is 52.5 Å². The molecule has 0 amide bonds. The first-order chi connectivity index (χ1) is 6.54. The molecule has 0 heterocycles. The van der Waals surface area contributed by atoms with Crippen LogP contribution in [0.5, 0.6) is 5.75 Å². The van der Waals surface area contributed by atoms with Gasteiger partial charge in [-0.25, -0.2) is 0 Å². The maximum atomic E-state index is 12.0. The molecule has 1 aromatic carbocycles. The Hall–Kier alpha value is 0.320. The van der Waals surface area contributed by atoms with Crippen molar-refractivity contribution >= 4 is 47.8 Å². The number of alkyl halides is 3. The fourth-order valence-corrected chi connectivity index (χ4v) is 2.93. The summed E-state index contributed by atoms with van der Waals surface area (Å²) in [6, 6.07) is 3.23. The minimum Gasteiger partial charge on any atom is -0.434 e. The van der Waals surface area contributed by atoms with Gasteiger partial charge in [0.25, 0.3) is 0 Å². The Labute approximate surface area is 105 Å². The van der Waals surface area contributed by atoms with E-state index >= 15 is 0 Å². The summed E-state index contributed by atoms with van der Waals surface area (Å²) in [7, 11) is 0. The molecule has 0 bridgehead atoms. The van der Waals surface area contributed by atoms with Gasteiger partial charge in [0.15, 0.2) is 0 Å². The van der Waals surface area contributed by atoms with Gasteiger partial charge in [0.2, 0.25) is 0 Å². The van der Waals surface area contributed by atoms with Crippen molar-refractivity contribution in [2.75, 3.05) is 0 Å². The van der Waals surface area contributed by atoms with Gasteiger partial charge in [0.1, 0.15) is 5.75 Å². The summed E-state index contributed by atoms with van der Waals surface area (Å²) < 4.78 is 29.6. The summed E-state index contributed by atoms with van der Waals surface area (Å²) in [6.45, 7) is -2.81. The fourth-order valence-electron chi connectivity index (χ4n) is 0.860. The topological polar surface area (TPSA) is 9.23 Å². The number of hydrogen-bond donors (Lipinski definition) is 0. The van der Waals surface area contributed by atoms with Crippen molar-refractivity contribution < 1.29 is 13.5 Å². The van der Waals surface area contributed by atoms with Crippen molar-refractivity contribution in [2.24, 2.45) is 0 Å². The zero-order valence-corrected chi connectivity index (χ0v) is 11.5. The Morgan fingerprint density at radius 2 is 1.86 bits per heavy atom. The van der Waals surface area contributed by atoms with Gasteiger partial charge in [-0.1, -0.05) is 31.9 Å². The predicted octanol–water partition coefficient (Wildman–Crippen LogP) is 4.71. The second kappa shape index (κ2) is 5.42. The summed E-state index contributed by atoms with van der Waals surface area (Å²) in [4.78, 5) is 0. The Balaban J connectivity index is 3.04. The van der Waals surface area contributed by atoms with Crippen molar-refractivity contribution in [1.29, 1.82) is 0 Å². The number of benzene rings is 1. The summed E-state index contributed by atoms with van der Waals surface area (Å²) in [5.41, 5.74) is 0.851. The third kappa shape index (κ3) is 3.17. The number of rotatable bonds is 3. The molecule has 1 nitrogen and oxygen atoms in total. The molecule has 0 aliphatic carbocycles. The zero-order valence-electron chi connectivity index (χ0n) is 6.74. The van der Waals surface area contributed by atoms with Crippen LogP contribution in [0.4, 0.5) is 8.78 Å². The van der Waals surface area contributed by atoms with E-state index < -0.39 is 6.61 Å².